The number of halogens is 1. The lowest BCUT2D eigenvalue weighted by atomic mass is 9.93. The summed E-state index contributed by atoms with van der Waals surface area (Å²) in [5.74, 6) is -0.539. The number of carbonyl (C=O) groups is 2. The molecule has 1 aliphatic carbocycles. The number of hydrogen-bond acceptors (Lipinski definition) is 4. The van der Waals surface area contributed by atoms with Crippen LogP contribution in [-0.4, -0.2) is 34.1 Å². The van der Waals surface area contributed by atoms with Gasteiger partial charge < -0.3 is 14.5 Å². The number of aliphatic carboxylic acids is 1. The quantitative estimate of drug-likeness (QED) is 0.290. The van der Waals surface area contributed by atoms with Gasteiger partial charge in [0.15, 0.2) is 5.76 Å². The van der Waals surface area contributed by atoms with Crippen molar-refractivity contribution in [3.8, 4) is 22.5 Å². The Labute approximate surface area is 220 Å². The monoisotopic (exact) mass is 512 g/mol. The van der Waals surface area contributed by atoms with Gasteiger partial charge in [0, 0.05) is 36.7 Å². The number of nitrogens with zero attached hydrogens (tertiary/aromatic N) is 2. The van der Waals surface area contributed by atoms with Crippen molar-refractivity contribution in [3.63, 3.8) is 0 Å². The van der Waals surface area contributed by atoms with E-state index in [2.05, 4.69) is 5.16 Å². The number of aryl methyl sites for hydroxylation is 1. The van der Waals surface area contributed by atoms with Crippen molar-refractivity contribution >= 4 is 11.9 Å². The van der Waals surface area contributed by atoms with Gasteiger partial charge in [-0.3, -0.25) is 9.59 Å². The lowest BCUT2D eigenvalue weighted by Crippen LogP contribution is -2.26. The zero-order valence-electron chi connectivity index (χ0n) is 21.4. The molecule has 0 unspecified atom stereocenters. The molecule has 7 heteroatoms. The first-order valence-electron chi connectivity index (χ1n) is 12.7. The van der Waals surface area contributed by atoms with Crippen LogP contribution in [0.1, 0.15) is 41.6 Å². The molecule has 1 N–H and O–H groups in total. The van der Waals surface area contributed by atoms with Crippen LogP contribution in [-0.2, 0) is 28.0 Å². The van der Waals surface area contributed by atoms with Gasteiger partial charge in [-0.1, -0.05) is 71.9 Å². The van der Waals surface area contributed by atoms with E-state index < -0.39 is 11.4 Å². The highest BCUT2D eigenvalue weighted by Crippen LogP contribution is 2.48. The first-order valence-corrected chi connectivity index (χ1v) is 12.7. The van der Waals surface area contributed by atoms with Crippen molar-refractivity contribution in [2.45, 2.75) is 44.6 Å². The van der Waals surface area contributed by atoms with Crippen LogP contribution in [0.25, 0.3) is 22.5 Å². The first kappa shape index (κ1) is 25.4. The maximum absolute atomic E-state index is 14.0. The molecule has 4 aromatic rings. The van der Waals surface area contributed by atoms with Crippen LogP contribution in [0, 0.1) is 12.7 Å². The zero-order chi connectivity index (χ0) is 26.9. The van der Waals surface area contributed by atoms with Gasteiger partial charge in [-0.2, -0.15) is 0 Å². The molecule has 3 aromatic carbocycles. The van der Waals surface area contributed by atoms with Gasteiger partial charge in [-0.05, 0) is 48.9 Å². The average Bonchev–Trinajstić information content (AvgIpc) is 3.66. The van der Waals surface area contributed by atoms with Gasteiger partial charge in [-0.15, -0.1) is 0 Å². The Kier molecular flexibility index (Phi) is 6.85. The normalized spacial score (nSPS) is 13.8. The van der Waals surface area contributed by atoms with E-state index >= 15 is 0 Å². The molecule has 1 aromatic heterocycles. The van der Waals surface area contributed by atoms with E-state index in [0.29, 0.717) is 30.6 Å². The molecule has 0 saturated heterocycles. The largest absolute Gasteiger partial charge is 0.481 e. The van der Waals surface area contributed by atoms with E-state index in [1.54, 1.807) is 25.2 Å². The molecule has 5 rings (SSSR count). The Balaban J connectivity index is 1.26. The van der Waals surface area contributed by atoms with Gasteiger partial charge in [0.25, 0.3) is 0 Å². The Morgan fingerprint density at radius 1 is 0.974 bits per heavy atom. The third kappa shape index (κ3) is 4.96. The Hall–Kier alpha value is -4.26. The molecule has 6 nitrogen and oxygen atoms in total. The summed E-state index contributed by atoms with van der Waals surface area (Å²) in [6.07, 6.45) is 2.08. The molecule has 38 heavy (non-hydrogen) atoms. The van der Waals surface area contributed by atoms with E-state index in [1.807, 2.05) is 55.5 Å². The number of benzene rings is 3. The smallest absolute Gasteiger partial charge is 0.314 e. The second-order valence-electron chi connectivity index (χ2n) is 9.96. The minimum Gasteiger partial charge on any atom is -0.481 e. The summed E-state index contributed by atoms with van der Waals surface area (Å²) in [5, 5.41) is 13.7. The molecule has 0 aliphatic heterocycles. The minimum absolute atomic E-state index is 0.0885. The Morgan fingerprint density at radius 3 is 2.18 bits per heavy atom. The summed E-state index contributed by atoms with van der Waals surface area (Å²) in [4.78, 5) is 25.9. The number of amides is 1. The number of carboxylic acids is 1. The molecule has 1 heterocycles. The predicted molar refractivity (Wildman–Crippen MR) is 142 cm³/mol. The summed E-state index contributed by atoms with van der Waals surface area (Å²) < 4.78 is 19.6. The number of rotatable bonds is 9. The van der Waals surface area contributed by atoms with Crippen LogP contribution < -0.4 is 0 Å². The highest BCUT2D eigenvalue weighted by Gasteiger charge is 2.51. The van der Waals surface area contributed by atoms with Crippen LogP contribution in [0.4, 0.5) is 4.39 Å². The standard InChI is InChI=1S/C31H29FN2O4/c1-20-26(15-16-28(35)34(2)19-24-5-3-4-6-27(24)32)29(38-33-20)23-9-7-21(8-10-23)22-11-13-25(14-12-22)31(17-18-31)30(36)37/h3-14H,15-19H2,1-2H3,(H,36,37). The Bertz CT molecular complexity index is 1470. The average molecular weight is 513 g/mol. The summed E-state index contributed by atoms with van der Waals surface area (Å²) in [7, 11) is 1.67. The third-order valence-corrected chi connectivity index (χ3v) is 7.44. The molecule has 1 amide bonds. The lowest BCUT2D eigenvalue weighted by molar-refractivity contribution is -0.140. The van der Waals surface area contributed by atoms with Crippen molar-refractivity contribution in [2.24, 2.45) is 0 Å². The summed E-state index contributed by atoms with van der Waals surface area (Å²) >= 11 is 0. The second-order valence-corrected chi connectivity index (χ2v) is 9.96. The molecule has 194 valence electrons. The van der Waals surface area contributed by atoms with Crippen LogP contribution in [0.5, 0.6) is 0 Å². The van der Waals surface area contributed by atoms with E-state index in [4.69, 9.17) is 4.52 Å². The van der Waals surface area contributed by atoms with Crippen molar-refractivity contribution in [2.75, 3.05) is 7.05 Å². The fourth-order valence-corrected chi connectivity index (χ4v) is 4.85. The fraction of sp³-hybridized carbons (Fsp3) is 0.258. The fourth-order valence-electron chi connectivity index (χ4n) is 4.85. The van der Waals surface area contributed by atoms with Crippen molar-refractivity contribution < 1.29 is 23.6 Å². The van der Waals surface area contributed by atoms with Crippen LogP contribution in [0.2, 0.25) is 0 Å². The number of carbonyl (C=O) groups excluding carboxylic acids is 1. The van der Waals surface area contributed by atoms with Gasteiger partial charge in [0.05, 0.1) is 11.1 Å². The minimum atomic E-state index is -0.758. The Morgan fingerprint density at radius 2 is 1.58 bits per heavy atom. The second kappa shape index (κ2) is 10.2. The summed E-state index contributed by atoms with van der Waals surface area (Å²) in [6.45, 7) is 2.07. The molecule has 1 fully saturated rings. The molecular weight excluding hydrogens is 483 g/mol. The van der Waals surface area contributed by atoms with Crippen LogP contribution in [0.15, 0.2) is 77.3 Å². The maximum atomic E-state index is 14.0. The zero-order valence-corrected chi connectivity index (χ0v) is 21.4. The maximum Gasteiger partial charge on any atom is 0.314 e. The van der Waals surface area contributed by atoms with Crippen molar-refractivity contribution in [3.05, 3.63) is 101 Å². The molecule has 1 aliphatic rings. The first-order chi connectivity index (χ1) is 18.3. The molecular formula is C31H29FN2O4. The molecule has 1 saturated carbocycles. The third-order valence-electron chi connectivity index (χ3n) is 7.44. The van der Waals surface area contributed by atoms with E-state index in [9.17, 15) is 19.1 Å². The molecule has 0 bridgehead atoms. The number of hydrogen-bond donors (Lipinski definition) is 1. The molecule has 0 radical (unpaired) electrons. The van der Waals surface area contributed by atoms with Gasteiger partial charge in [0.1, 0.15) is 5.82 Å². The highest BCUT2D eigenvalue weighted by atomic mass is 19.1. The molecule has 0 atom stereocenters. The summed E-state index contributed by atoms with van der Waals surface area (Å²) in [6, 6.07) is 22.1. The molecule has 0 spiro atoms. The SMILES string of the molecule is Cc1noc(-c2ccc(-c3ccc(C4(C(=O)O)CC4)cc3)cc2)c1CCC(=O)N(C)Cc1ccccc1F. The van der Waals surface area contributed by atoms with Crippen LogP contribution >= 0.6 is 0 Å². The topological polar surface area (TPSA) is 83.6 Å². The number of carboxylic acid groups (broad SMARTS) is 1. The van der Waals surface area contributed by atoms with E-state index in [-0.39, 0.29) is 24.7 Å². The van der Waals surface area contributed by atoms with E-state index in [1.165, 1.54) is 11.0 Å². The van der Waals surface area contributed by atoms with Gasteiger partial charge in [-0.25, -0.2) is 4.39 Å². The van der Waals surface area contributed by atoms with Crippen molar-refractivity contribution in [1.82, 2.24) is 10.1 Å². The number of aromatic nitrogens is 1. The predicted octanol–water partition coefficient (Wildman–Crippen LogP) is 6.16. The van der Waals surface area contributed by atoms with E-state index in [0.717, 1.165) is 33.5 Å². The van der Waals surface area contributed by atoms with Gasteiger partial charge in [0.2, 0.25) is 5.91 Å². The van der Waals surface area contributed by atoms with Crippen molar-refractivity contribution in [1.29, 1.82) is 0 Å². The summed E-state index contributed by atoms with van der Waals surface area (Å²) in [5.41, 5.74) is 5.08. The highest BCUT2D eigenvalue weighted by molar-refractivity contribution is 5.85. The lowest BCUT2D eigenvalue weighted by Gasteiger charge is -2.17. The van der Waals surface area contributed by atoms with Gasteiger partial charge >= 0.3 is 5.97 Å². The van der Waals surface area contributed by atoms with Crippen LogP contribution in [0.3, 0.4) is 0 Å².